The topological polar surface area (TPSA) is 101 Å². The zero-order chi connectivity index (χ0) is 16.9. The lowest BCUT2D eigenvalue weighted by Gasteiger charge is -2.14. The maximum absolute atomic E-state index is 12.1. The first-order chi connectivity index (χ1) is 11.7. The number of hydrogen-bond donors (Lipinski definition) is 2. The summed E-state index contributed by atoms with van der Waals surface area (Å²) in [5.41, 5.74) is 1.60. The Labute approximate surface area is 147 Å². The highest BCUT2D eigenvalue weighted by atomic mass is 32.2. The number of anilines is 1. The lowest BCUT2D eigenvalue weighted by molar-refractivity contribution is -0.113. The number of H-pyrrole nitrogens is 1. The summed E-state index contributed by atoms with van der Waals surface area (Å²) in [5.74, 6) is -0.00991. The van der Waals surface area contributed by atoms with Gasteiger partial charge in [-0.05, 0) is 32.1 Å². The van der Waals surface area contributed by atoms with Crippen LogP contribution in [0, 0.1) is 0 Å². The van der Waals surface area contributed by atoms with E-state index in [1.807, 2.05) is 0 Å². The van der Waals surface area contributed by atoms with E-state index in [0.717, 1.165) is 54.8 Å². The largest absolute Gasteiger partial charge is 0.301 e. The summed E-state index contributed by atoms with van der Waals surface area (Å²) in [7, 11) is 0. The van der Waals surface area contributed by atoms with Crippen LogP contribution in [0.4, 0.5) is 5.13 Å². The summed E-state index contributed by atoms with van der Waals surface area (Å²) in [6.07, 6.45) is 5.59. The first-order valence-electron chi connectivity index (χ1n) is 8.03. The lowest BCUT2D eigenvalue weighted by Crippen LogP contribution is -2.22. The van der Waals surface area contributed by atoms with Crippen molar-refractivity contribution in [2.75, 3.05) is 11.1 Å². The molecule has 0 saturated carbocycles. The molecule has 1 aliphatic carbocycles. The van der Waals surface area contributed by atoms with Crippen LogP contribution in [0.25, 0.3) is 0 Å². The van der Waals surface area contributed by atoms with Gasteiger partial charge in [0.25, 0.3) is 5.56 Å². The summed E-state index contributed by atoms with van der Waals surface area (Å²) in [6.45, 7) is 2.07. The third-order valence-electron chi connectivity index (χ3n) is 3.69. The smallest absolute Gasteiger partial charge is 0.254 e. The van der Waals surface area contributed by atoms with Crippen LogP contribution < -0.4 is 10.9 Å². The van der Waals surface area contributed by atoms with Gasteiger partial charge >= 0.3 is 0 Å². The third-order valence-corrected chi connectivity index (χ3v) is 5.46. The second kappa shape index (κ2) is 7.89. The predicted octanol–water partition coefficient (Wildman–Crippen LogP) is 2.18. The first-order valence-corrected chi connectivity index (χ1v) is 9.83. The molecule has 9 heteroatoms. The maximum Gasteiger partial charge on any atom is 0.254 e. The zero-order valence-electron chi connectivity index (χ0n) is 13.4. The van der Waals surface area contributed by atoms with Crippen molar-refractivity contribution in [2.24, 2.45) is 0 Å². The summed E-state index contributed by atoms with van der Waals surface area (Å²) in [6, 6.07) is 0. The van der Waals surface area contributed by atoms with Crippen LogP contribution in [0.15, 0.2) is 9.95 Å². The molecule has 2 aromatic heterocycles. The SMILES string of the molecule is CCCc1nnc(NC(=O)CSc2nc3c(c(=O)[nH]2)CCCC3)s1. The minimum absolute atomic E-state index is 0.0732. The van der Waals surface area contributed by atoms with E-state index >= 15 is 0 Å². The van der Waals surface area contributed by atoms with Gasteiger partial charge in [0.15, 0.2) is 5.16 Å². The molecule has 0 bridgehead atoms. The molecule has 3 rings (SSSR count). The molecular weight excluding hydrogens is 346 g/mol. The van der Waals surface area contributed by atoms with Gasteiger partial charge in [-0.2, -0.15) is 0 Å². The number of thioether (sulfide) groups is 1. The highest BCUT2D eigenvalue weighted by Crippen LogP contribution is 2.20. The average molecular weight is 365 g/mol. The van der Waals surface area contributed by atoms with Crippen LogP contribution in [0.1, 0.15) is 42.5 Å². The van der Waals surface area contributed by atoms with Crippen LogP contribution in [-0.4, -0.2) is 31.8 Å². The Kier molecular flexibility index (Phi) is 5.62. The Morgan fingerprint density at radius 2 is 2.17 bits per heavy atom. The van der Waals surface area contributed by atoms with Crippen molar-refractivity contribution in [1.82, 2.24) is 20.2 Å². The van der Waals surface area contributed by atoms with E-state index in [1.54, 1.807) is 0 Å². The van der Waals surface area contributed by atoms with Crippen molar-refractivity contribution in [1.29, 1.82) is 0 Å². The van der Waals surface area contributed by atoms with E-state index in [-0.39, 0.29) is 17.2 Å². The molecule has 0 saturated heterocycles. The Bertz CT molecular complexity index is 786. The van der Waals surface area contributed by atoms with E-state index in [4.69, 9.17) is 0 Å². The molecule has 0 aliphatic heterocycles. The Balaban J connectivity index is 1.58. The normalized spacial score (nSPS) is 13.5. The highest BCUT2D eigenvalue weighted by molar-refractivity contribution is 7.99. The standard InChI is InChI=1S/C15H19N5O2S2/c1-2-5-12-19-20-15(24-12)17-11(21)8-23-14-16-10-7-4-3-6-9(10)13(22)18-14/h2-8H2,1H3,(H,16,18,22)(H,17,20,21). The number of aromatic nitrogens is 4. The second-order valence-electron chi connectivity index (χ2n) is 5.59. The third kappa shape index (κ3) is 4.21. The van der Waals surface area contributed by atoms with Gasteiger partial charge in [-0.3, -0.25) is 14.9 Å². The summed E-state index contributed by atoms with van der Waals surface area (Å²) in [5, 5.41) is 12.6. The fourth-order valence-corrected chi connectivity index (χ4v) is 4.09. The first kappa shape index (κ1) is 17.1. The number of rotatable bonds is 6. The predicted molar refractivity (Wildman–Crippen MR) is 94.8 cm³/mol. The number of aromatic amines is 1. The van der Waals surface area contributed by atoms with Crippen LogP contribution in [0.3, 0.4) is 0 Å². The van der Waals surface area contributed by atoms with Crippen LogP contribution in [-0.2, 0) is 24.1 Å². The van der Waals surface area contributed by atoms with Gasteiger partial charge < -0.3 is 4.98 Å². The number of carbonyl (C=O) groups excluding carboxylic acids is 1. The number of hydrogen-bond acceptors (Lipinski definition) is 7. The van der Waals surface area contributed by atoms with Gasteiger partial charge in [-0.25, -0.2) is 4.98 Å². The van der Waals surface area contributed by atoms with E-state index in [1.165, 1.54) is 23.1 Å². The molecule has 2 aromatic rings. The van der Waals surface area contributed by atoms with Crippen LogP contribution >= 0.6 is 23.1 Å². The van der Waals surface area contributed by atoms with Gasteiger partial charge in [0.1, 0.15) is 5.01 Å². The molecule has 7 nitrogen and oxygen atoms in total. The van der Waals surface area contributed by atoms with Crippen molar-refractivity contribution in [3.8, 4) is 0 Å². The lowest BCUT2D eigenvalue weighted by atomic mass is 9.97. The average Bonchev–Trinajstić information content (AvgIpc) is 3.00. The van der Waals surface area contributed by atoms with Crippen molar-refractivity contribution >= 4 is 34.1 Å². The monoisotopic (exact) mass is 365 g/mol. The number of nitrogens with zero attached hydrogens (tertiary/aromatic N) is 3. The van der Waals surface area contributed by atoms with Crippen molar-refractivity contribution in [3.05, 3.63) is 26.6 Å². The minimum Gasteiger partial charge on any atom is -0.301 e. The van der Waals surface area contributed by atoms with Crippen molar-refractivity contribution in [2.45, 2.75) is 50.6 Å². The Hall–Kier alpha value is -1.74. The number of amides is 1. The van der Waals surface area contributed by atoms with E-state index in [2.05, 4.69) is 32.4 Å². The number of aryl methyl sites for hydroxylation is 2. The summed E-state index contributed by atoms with van der Waals surface area (Å²) < 4.78 is 0. The van der Waals surface area contributed by atoms with Crippen molar-refractivity contribution < 1.29 is 4.79 Å². The minimum atomic E-state index is -0.181. The molecule has 2 N–H and O–H groups in total. The fourth-order valence-electron chi connectivity index (χ4n) is 2.56. The highest BCUT2D eigenvalue weighted by Gasteiger charge is 2.16. The van der Waals surface area contributed by atoms with E-state index < -0.39 is 0 Å². The van der Waals surface area contributed by atoms with Gasteiger partial charge in [-0.1, -0.05) is 30.0 Å². The quantitative estimate of drug-likeness (QED) is 0.601. The molecule has 0 fully saturated rings. The zero-order valence-corrected chi connectivity index (χ0v) is 15.1. The molecule has 0 atom stereocenters. The summed E-state index contributed by atoms with van der Waals surface area (Å²) >= 11 is 2.62. The van der Waals surface area contributed by atoms with Crippen LogP contribution in [0.5, 0.6) is 0 Å². The molecule has 1 amide bonds. The van der Waals surface area contributed by atoms with Gasteiger partial charge in [0.05, 0.1) is 11.4 Å². The Morgan fingerprint density at radius 1 is 1.33 bits per heavy atom. The van der Waals surface area contributed by atoms with Crippen molar-refractivity contribution in [3.63, 3.8) is 0 Å². The molecule has 128 valence electrons. The second-order valence-corrected chi connectivity index (χ2v) is 7.62. The van der Waals surface area contributed by atoms with E-state index in [0.29, 0.717) is 10.3 Å². The molecule has 0 unspecified atom stereocenters. The van der Waals surface area contributed by atoms with Gasteiger partial charge in [-0.15, -0.1) is 10.2 Å². The number of nitrogens with one attached hydrogen (secondary N) is 2. The molecule has 1 aliphatic rings. The molecule has 0 spiro atoms. The molecule has 24 heavy (non-hydrogen) atoms. The molecule has 0 aromatic carbocycles. The van der Waals surface area contributed by atoms with Gasteiger partial charge in [0, 0.05) is 12.0 Å². The number of fused-ring (bicyclic) bond motifs is 1. The van der Waals surface area contributed by atoms with Crippen LogP contribution in [0.2, 0.25) is 0 Å². The Morgan fingerprint density at radius 3 is 3.00 bits per heavy atom. The maximum atomic E-state index is 12.1. The summed E-state index contributed by atoms with van der Waals surface area (Å²) in [4.78, 5) is 31.3. The number of carbonyl (C=O) groups is 1. The fraction of sp³-hybridized carbons (Fsp3) is 0.533. The van der Waals surface area contributed by atoms with E-state index in [9.17, 15) is 9.59 Å². The molecule has 2 heterocycles. The molecular formula is C15H19N5O2S2. The molecule has 0 radical (unpaired) electrons. The van der Waals surface area contributed by atoms with Gasteiger partial charge in [0.2, 0.25) is 11.0 Å².